The van der Waals surface area contributed by atoms with Crippen LogP contribution in [-0.4, -0.2) is 24.2 Å². The lowest BCUT2D eigenvalue weighted by Crippen LogP contribution is -2.22. The fraction of sp³-hybridized carbons (Fsp3) is 0.222. The maximum atomic E-state index is 12.3. The molecular weight excluding hydrogens is 324 g/mol. The van der Waals surface area contributed by atoms with Gasteiger partial charge in [0.2, 0.25) is 11.8 Å². The molecule has 0 heterocycles. The number of amides is 2. The third-order valence-electron chi connectivity index (χ3n) is 3.19. The van der Waals surface area contributed by atoms with Gasteiger partial charge in [-0.3, -0.25) is 9.59 Å². The van der Waals surface area contributed by atoms with Crippen molar-refractivity contribution in [3.05, 3.63) is 48.5 Å². The molecule has 2 amide bonds. The van der Waals surface area contributed by atoms with E-state index in [0.717, 1.165) is 10.6 Å². The number of nitrogens with one attached hydrogen (secondary N) is 2. The van der Waals surface area contributed by atoms with Crippen molar-refractivity contribution in [3.8, 4) is 5.75 Å². The van der Waals surface area contributed by atoms with Crippen LogP contribution in [0.1, 0.15) is 13.8 Å². The Morgan fingerprint density at radius 2 is 1.75 bits per heavy atom. The molecule has 0 fully saturated rings. The molecule has 0 saturated heterocycles. The average molecular weight is 344 g/mol. The van der Waals surface area contributed by atoms with Gasteiger partial charge in [0, 0.05) is 29.3 Å². The Morgan fingerprint density at radius 3 is 2.38 bits per heavy atom. The third kappa shape index (κ3) is 5.31. The SMILES string of the molecule is COc1cccc(NC(=O)C(C)Sc2ccc(NC(C)=O)cc2)c1. The summed E-state index contributed by atoms with van der Waals surface area (Å²) in [5, 5.41) is 5.33. The number of anilines is 2. The number of hydrogen-bond acceptors (Lipinski definition) is 4. The molecule has 0 saturated carbocycles. The first-order chi connectivity index (χ1) is 11.5. The van der Waals surface area contributed by atoms with Gasteiger partial charge < -0.3 is 15.4 Å². The van der Waals surface area contributed by atoms with Crippen LogP contribution >= 0.6 is 11.8 Å². The van der Waals surface area contributed by atoms with Crippen molar-refractivity contribution in [1.82, 2.24) is 0 Å². The molecule has 24 heavy (non-hydrogen) atoms. The number of carbonyl (C=O) groups excluding carboxylic acids is 2. The maximum absolute atomic E-state index is 12.3. The van der Waals surface area contributed by atoms with E-state index >= 15 is 0 Å². The van der Waals surface area contributed by atoms with Crippen LogP contribution in [0, 0.1) is 0 Å². The summed E-state index contributed by atoms with van der Waals surface area (Å²) in [4.78, 5) is 24.3. The first-order valence-corrected chi connectivity index (χ1v) is 8.35. The summed E-state index contributed by atoms with van der Waals surface area (Å²) in [6.45, 7) is 3.32. The van der Waals surface area contributed by atoms with Crippen molar-refractivity contribution in [2.45, 2.75) is 24.0 Å². The van der Waals surface area contributed by atoms with Crippen LogP contribution in [0.25, 0.3) is 0 Å². The zero-order valence-electron chi connectivity index (χ0n) is 13.8. The molecule has 0 aromatic heterocycles. The van der Waals surface area contributed by atoms with E-state index in [1.54, 1.807) is 13.2 Å². The molecule has 2 aromatic carbocycles. The lowest BCUT2D eigenvalue weighted by Gasteiger charge is -2.13. The van der Waals surface area contributed by atoms with E-state index in [0.29, 0.717) is 11.4 Å². The van der Waals surface area contributed by atoms with Crippen LogP contribution in [0.2, 0.25) is 0 Å². The predicted octanol–water partition coefficient (Wildman–Crippen LogP) is 3.77. The molecule has 6 heteroatoms. The first-order valence-electron chi connectivity index (χ1n) is 7.47. The van der Waals surface area contributed by atoms with Gasteiger partial charge in [-0.25, -0.2) is 0 Å². The molecule has 2 aromatic rings. The van der Waals surface area contributed by atoms with Gasteiger partial charge in [-0.05, 0) is 43.3 Å². The van der Waals surface area contributed by atoms with E-state index in [9.17, 15) is 9.59 Å². The van der Waals surface area contributed by atoms with Crippen molar-refractivity contribution < 1.29 is 14.3 Å². The minimum atomic E-state index is -0.261. The van der Waals surface area contributed by atoms with Gasteiger partial charge >= 0.3 is 0 Å². The molecule has 2 rings (SSSR count). The second kappa shape index (κ2) is 8.40. The zero-order valence-corrected chi connectivity index (χ0v) is 14.6. The highest BCUT2D eigenvalue weighted by Crippen LogP contribution is 2.26. The molecule has 1 atom stereocenters. The molecule has 0 aliphatic heterocycles. The van der Waals surface area contributed by atoms with Gasteiger partial charge in [-0.2, -0.15) is 0 Å². The highest BCUT2D eigenvalue weighted by atomic mass is 32.2. The van der Waals surface area contributed by atoms with Gasteiger partial charge in [0.25, 0.3) is 0 Å². The van der Waals surface area contributed by atoms with Gasteiger partial charge in [0.1, 0.15) is 5.75 Å². The largest absolute Gasteiger partial charge is 0.497 e. The summed E-state index contributed by atoms with van der Waals surface area (Å²) < 4.78 is 5.14. The monoisotopic (exact) mass is 344 g/mol. The fourth-order valence-electron chi connectivity index (χ4n) is 2.02. The maximum Gasteiger partial charge on any atom is 0.237 e. The van der Waals surface area contributed by atoms with Crippen molar-refractivity contribution in [3.63, 3.8) is 0 Å². The molecule has 0 bridgehead atoms. The minimum absolute atomic E-state index is 0.0841. The van der Waals surface area contributed by atoms with Crippen LogP contribution < -0.4 is 15.4 Å². The van der Waals surface area contributed by atoms with Crippen LogP contribution in [0.3, 0.4) is 0 Å². The predicted molar refractivity (Wildman–Crippen MR) is 97.7 cm³/mol. The highest BCUT2D eigenvalue weighted by Gasteiger charge is 2.15. The average Bonchev–Trinajstić information content (AvgIpc) is 2.56. The Labute approximate surface area is 145 Å². The van der Waals surface area contributed by atoms with E-state index in [1.165, 1.54) is 18.7 Å². The Bertz CT molecular complexity index is 716. The quantitative estimate of drug-likeness (QED) is 0.783. The summed E-state index contributed by atoms with van der Waals surface area (Å²) in [6, 6.07) is 14.6. The van der Waals surface area contributed by atoms with Crippen LogP contribution in [0.5, 0.6) is 5.75 Å². The lowest BCUT2D eigenvalue weighted by molar-refractivity contribution is -0.115. The van der Waals surface area contributed by atoms with Crippen molar-refractivity contribution in [1.29, 1.82) is 0 Å². The van der Waals surface area contributed by atoms with Gasteiger partial charge in [-0.15, -0.1) is 11.8 Å². The molecule has 0 aliphatic rings. The second-order valence-electron chi connectivity index (χ2n) is 5.19. The third-order valence-corrected chi connectivity index (χ3v) is 4.31. The van der Waals surface area contributed by atoms with E-state index in [2.05, 4.69) is 10.6 Å². The van der Waals surface area contributed by atoms with Crippen molar-refractivity contribution >= 4 is 35.0 Å². The number of methoxy groups -OCH3 is 1. The van der Waals surface area contributed by atoms with Crippen molar-refractivity contribution in [2.24, 2.45) is 0 Å². The summed E-state index contributed by atoms with van der Waals surface area (Å²) in [5.74, 6) is 0.502. The topological polar surface area (TPSA) is 67.4 Å². The van der Waals surface area contributed by atoms with Crippen LogP contribution in [0.4, 0.5) is 11.4 Å². The number of hydrogen-bond donors (Lipinski definition) is 2. The number of benzene rings is 2. The normalized spacial score (nSPS) is 11.5. The molecule has 1 unspecified atom stereocenters. The highest BCUT2D eigenvalue weighted by molar-refractivity contribution is 8.00. The minimum Gasteiger partial charge on any atom is -0.497 e. The smallest absolute Gasteiger partial charge is 0.237 e. The van der Waals surface area contributed by atoms with Gasteiger partial charge in [0.15, 0.2) is 0 Å². The van der Waals surface area contributed by atoms with E-state index in [1.807, 2.05) is 49.4 Å². The number of ether oxygens (including phenoxy) is 1. The molecule has 0 radical (unpaired) electrons. The molecule has 0 aliphatic carbocycles. The number of rotatable bonds is 6. The first kappa shape index (κ1) is 17.9. The van der Waals surface area contributed by atoms with Gasteiger partial charge in [-0.1, -0.05) is 6.07 Å². The lowest BCUT2D eigenvalue weighted by atomic mass is 10.3. The summed E-state index contributed by atoms with van der Waals surface area (Å²) >= 11 is 1.45. The summed E-state index contributed by atoms with van der Waals surface area (Å²) in [5.41, 5.74) is 1.44. The summed E-state index contributed by atoms with van der Waals surface area (Å²) in [6.07, 6.45) is 0. The molecule has 5 nitrogen and oxygen atoms in total. The number of carbonyl (C=O) groups is 2. The van der Waals surface area contributed by atoms with Gasteiger partial charge in [0.05, 0.1) is 12.4 Å². The fourth-order valence-corrected chi connectivity index (χ4v) is 2.89. The standard InChI is InChI=1S/C18H20N2O3S/c1-12(18(22)20-15-5-4-6-16(11-15)23-3)24-17-9-7-14(8-10-17)19-13(2)21/h4-12H,1-3H3,(H,19,21)(H,20,22). The Balaban J connectivity index is 1.94. The van der Waals surface area contributed by atoms with E-state index < -0.39 is 0 Å². The second-order valence-corrected chi connectivity index (χ2v) is 6.60. The Hall–Kier alpha value is -2.47. The summed E-state index contributed by atoms with van der Waals surface area (Å²) in [7, 11) is 1.59. The van der Waals surface area contributed by atoms with Crippen LogP contribution in [-0.2, 0) is 9.59 Å². The van der Waals surface area contributed by atoms with Crippen molar-refractivity contribution in [2.75, 3.05) is 17.7 Å². The number of thioether (sulfide) groups is 1. The Morgan fingerprint density at radius 1 is 1.04 bits per heavy atom. The van der Waals surface area contributed by atoms with E-state index in [4.69, 9.17) is 4.74 Å². The molecular formula is C18H20N2O3S. The molecule has 0 spiro atoms. The zero-order chi connectivity index (χ0) is 17.5. The molecule has 2 N–H and O–H groups in total. The molecule has 126 valence electrons. The Kier molecular flexibility index (Phi) is 6.26. The van der Waals surface area contributed by atoms with Crippen LogP contribution in [0.15, 0.2) is 53.4 Å². The van der Waals surface area contributed by atoms with E-state index in [-0.39, 0.29) is 17.1 Å².